The van der Waals surface area contributed by atoms with E-state index in [1.54, 1.807) is 7.11 Å². The van der Waals surface area contributed by atoms with Crippen LogP contribution in [0.3, 0.4) is 0 Å². The Kier molecular flexibility index (Phi) is 5.46. The Morgan fingerprint density at radius 2 is 2.05 bits per heavy atom. The first-order valence-corrected chi connectivity index (χ1v) is 6.95. The summed E-state index contributed by atoms with van der Waals surface area (Å²) in [5.41, 5.74) is 0.0315. The minimum absolute atomic E-state index is 0.0315. The van der Waals surface area contributed by atoms with Gasteiger partial charge in [0.1, 0.15) is 0 Å². The van der Waals surface area contributed by atoms with Gasteiger partial charge in [0.25, 0.3) is 0 Å². The third-order valence-corrected chi connectivity index (χ3v) is 3.88. The van der Waals surface area contributed by atoms with Gasteiger partial charge >= 0.3 is 0 Å². The molecule has 1 aliphatic rings. The number of ether oxygens (including phenoxy) is 1. The van der Waals surface area contributed by atoms with Crippen LogP contribution in [0.4, 0.5) is 8.78 Å². The molecule has 1 aromatic rings. The number of piperidine rings is 1. The number of likely N-dealkylation sites (tertiary alicyclic amines) is 1. The highest BCUT2D eigenvalue weighted by Crippen LogP contribution is 2.23. The first-order valence-electron chi connectivity index (χ1n) is 6.95. The molecule has 3 nitrogen and oxygen atoms in total. The Morgan fingerprint density at radius 3 is 2.70 bits per heavy atom. The number of hydrogen-bond donors (Lipinski definition) is 1. The molecule has 0 amide bonds. The maximum absolute atomic E-state index is 13.6. The highest BCUT2D eigenvalue weighted by atomic mass is 19.2. The number of aliphatic hydroxyl groups is 1. The number of halogens is 2. The van der Waals surface area contributed by atoms with E-state index in [2.05, 4.69) is 4.90 Å². The van der Waals surface area contributed by atoms with Crippen molar-refractivity contribution in [1.29, 1.82) is 0 Å². The van der Waals surface area contributed by atoms with Crippen LogP contribution in [0.15, 0.2) is 18.2 Å². The molecule has 0 aromatic heterocycles. The number of rotatable bonds is 5. The summed E-state index contributed by atoms with van der Waals surface area (Å²) in [6.45, 7) is 2.79. The molecule has 1 unspecified atom stereocenters. The van der Waals surface area contributed by atoms with Crippen molar-refractivity contribution in [3.63, 3.8) is 0 Å². The van der Waals surface area contributed by atoms with E-state index < -0.39 is 17.7 Å². The molecule has 1 N–H and O–H groups in total. The molecule has 2 rings (SSSR count). The number of aliphatic hydroxyl groups excluding tert-OH is 1. The number of methoxy groups -OCH3 is 1. The van der Waals surface area contributed by atoms with Gasteiger partial charge in [-0.2, -0.15) is 0 Å². The van der Waals surface area contributed by atoms with E-state index in [0.717, 1.165) is 38.6 Å². The average molecular weight is 285 g/mol. The fourth-order valence-electron chi connectivity index (χ4n) is 2.69. The Morgan fingerprint density at radius 1 is 1.35 bits per heavy atom. The molecule has 0 aliphatic carbocycles. The molecular formula is C15H21F2NO2. The second kappa shape index (κ2) is 7.11. The summed E-state index contributed by atoms with van der Waals surface area (Å²) in [6, 6.07) is 3.91. The molecule has 1 saturated heterocycles. The first-order chi connectivity index (χ1) is 9.61. The summed E-state index contributed by atoms with van der Waals surface area (Å²) in [4.78, 5) is 2.08. The zero-order chi connectivity index (χ0) is 14.5. The Bertz CT molecular complexity index is 434. The highest BCUT2D eigenvalue weighted by Gasteiger charge is 2.23. The SMILES string of the molecule is COCC1CCN(CC(O)c2cccc(F)c2F)CC1. The van der Waals surface area contributed by atoms with Crippen molar-refractivity contribution in [3.05, 3.63) is 35.4 Å². The van der Waals surface area contributed by atoms with Gasteiger partial charge in [-0.05, 0) is 37.9 Å². The van der Waals surface area contributed by atoms with E-state index in [4.69, 9.17) is 4.74 Å². The van der Waals surface area contributed by atoms with Gasteiger partial charge < -0.3 is 14.7 Å². The molecule has 112 valence electrons. The van der Waals surface area contributed by atoms with E-state index >= 15 is 0 Å². The normalized spacial score (nSPS) is 19.2. The Balaban J connectivity index is 1.89. The lowest BCUT2D eigenvalue weighted by Crippen LogP contribution is -2.37. The first kappa shape index (κ1) is 15.4. The van der Waals surface area contributed by atoms with Crippen LogP contribution in [-0.2, 0) is 4.74 Å². The van der Waals surface area contributed by atoms with Crippen LogP contribution in [0.1, 0.15) is 24.5 Å². The van der Waals surface area contributed by atoms with Crippen molar-refractivity contribution < 1.29 is 18.6 Å². The molecule has 0 spiro atoms. The summed E-state index contributed by atoms with van der Waals surface area (Å²) in [6.07, 6.45) is 1.02. The van der Waals surface area contributed by atoms with Gasteiger partial charge in [0.05, 0.1) is 6.10 Å². The predicted octanol–water partition coefficient (Wildman–Crippen LogP) is 2.36. The van der Waals surface area contributed by atoms with Crippen LogP contribution in [0, 0.1) is 17.6 Å². The fraction of sp³-hybridized carbons (Fsp3) is 0.600. The fourth-order valence-corrected chi connectivity index (χ4v) is 2.69. The molecule has 0 radical (unpaired) electrons. The summed E-state index contributed by atoms with van der Waals surface area (Å²) >= 11 is 0. The monoisotopic (exact) mass is 285 g/mol. The summed E-state index contributed by atoms with van der Waals surface area (Å²) < 4.78 is 31.9. The van der Waals surface area contributed by atoms with E-state index in [-0.39, 0.29) is 5.56 Å². The minimum atomic E-state index is -0.996. The summed E-state index contributed by atoms with van der Waals surface area (Å²) in [5, 5.41) is 10.1. The minimum Gasteiger partial charge on any atom is -0.387 e. The average Bonchev–Trinajstić information content (AvgIpc) is 2.44. The quantitative estimate of drug-likeness (QED) is 0.901. The molecule has 1 aromatic carbocycles. The Hall–Kier alpha value is -1.04. The van der Waals surface area contributed by atoms with Gasteiger partial charge in [-0.15, -0.1) is 0 Å². The summed E-state index contributed by atoms with van der Waals surface area (Å²) in [5.74, 6) is -1.31. The molecule has 1 aliphatic heterocycles. The molecule has 0 saturated carbocycles. The third kappa shape index (κ3) is 3.75. The van der Waals surface area contributed by atoms with Crippen LogP contribution < -0.4 is 0 Å². The molecular weight excluding hydrogens is 264 g/mol. The van der Waals surface area contributed by atoms with Crippen molar-refractivity contribution in [2.75, 3.05) is 33.4 Å². The van der Waals surface area contributed by atoms with Gasteiger partial charge in [0.2, 0.25) is 0 Å². The second-order valence-electron chi connectivity index (χ2n) is 5.36. The molecule has 0 bridgehead atoms. The largest absolute Gasteiger partial charge is 0.387 e. The van der Waals surface area contributed by atoms with Crippen molar-refractivity contribution in [2.45, 2.75) is 18.9 Å². The lowest BCUT2D eigenvalue weighted by atomic mass is 9.97. The highest BCUT2D eigenvalue weighted by molar-refractivity contribution is 5.21. The number of benzene rings is 1. The zero-order valence-electron chi connectivity index (χ0n) is 11.7. The zero-order valence-corrected chi connectivity index (χ0v) is 11.7. The predicted molar refractivity (Wildman–Crippen MR) is 72.4 cm³/mol. The number of β-amino-alcohol motifs (C(OH)–C–C–N with tert-alkyl or cyclic N) is 1. The lowest BCUT2D eigenvalue weighted by molar-refractivity contribution is 0.0642. The standard InChI is InChI=1S/C15H21F2NO2/c1-20-10-11-5-7-18(8-6-11)9-14(19)12-3-2-4-13(16)15(12)17/h2-4,11,14,19H,5-10H2,1H3. The van der Waals surface area contributed by atoms with Gasteiger partial charge in [-0.1, -0.05) is 12.1 Å². The smallest absolute Gasteiger partial charge is 0.164 e. The van der Waals surface area contributed by atoms with Crippen molar-refractivity contribution in [1.82, 2.24) is 4.90 Å². The molecule has 1 heterocycles. The van der Waals surface area contributed by atoms with Crippen molar-refractivity contribution in [3.8, 4) is 0 Å². The van der Waals surface area contributed by atoms with E-state index in [0.29, 0.717) is 12.5 Å². The molecule has 20 heavy (non-hydrogen) atoms. The molecule has 5 heteroatoms. The van der Waals surface area contributed by atoms with E-state index in [1.807, 2.05) is 0 Å². The Labute approximate surface area is 118 Å². The van der Waals surface area contributed by atoms with Crippen LogP contribution in [0.25, 0.3) is 0 Å². The van der Waals surface area contributed by atoms with Gasteiger partial charge in [-0.3, -0.25) is 0 Å². The van der Waals surface area contributed by atoms with Crippen LogP contribution in [-0.4, -0.2) is 43.4 Å². The van der Waals surface area contributed by atoms with Gasteiger partial charge in [0, 0.05) is 25.8 Å². The topological polar surface area (TPSA) is 32.7 Å². The van der Waals surface area contributed by atoms with Crippen LogP contribution in [0.5, 0.6) is 0 Å². The third-order valence-electron chi connectivity index (χ3n) is 3.88. The molecule has 1 atom stereocenters. The number of nitrogens with zero attached hydrogens (tertiary/aromatic N) is 1. The van der Waals surface area contributed by atoms with Crippen molar-refractivity contribution in [2.24, 2.45) is 5.92 Å². The number of hydrogen-bond acceptors (Lipinski definition) is 3. The van der Waals surface area contributed by atoms with Crippen LogP contribution >= 0.6 is 0 Å². The van der Waals surface area contributed by atoms with Crippen LogP contribution in [0.2, 0.25) is 0 Å². The van der Waals surface area contributed by atoms with E-state index in [1.165, 1.54) is 12.1 Å². The van der Waals surface area contributed by atoms with Gasteiger partial charge in [-0.25, -0.2) is 8.78 Å². The van der Waals surface area contributed by atoms with Crippen molar-refractivity contribution >= 4 is 0 Å². The second-order valence-corrected chi connectivity index (χ2v) is 5.36. The maximum atomic E-state index is 13.6. The summed E-state index contributed by atoms with van der Waals surface area (Å²) in [7, 11) is 1.70. The maximum Gasteiger partial charge on any atom is 0.164 e. The van der Waals surface area contributed by atoms with E-state index in [9.17, 15) is 13.9 Å². The molecule has 1 fully saturated rings. The lowest BCUT2D eigenvalue weighted by Gasteiger charge is -2.32. The van der Waals surface area contributed by atoms with Gasteiger partial charge in [0.15, 0.2) is 11.6 Å².